The molecule has 98 valence electrons. The molecule has 2 bridgehead atoms. The standard InChI is InChI=1S/C14H26N2O/c1-14(2,3)15-4-5-16-8-10-6-9-7-11(10)12(16)13(9)17/h9-13,15,17H,4-8H2,1-3H3. The molecule has 3 rings (SSSR count). The van der Waals surface area contributed by atoms with Crippen molar-refractivity contribution in [3.05, 3.63) is 0 Å². The molecule has 0 spiro atoms. The fourth-order valence-corrected chi connectivity index (χ4v) is 4.37. The number of fused-ring (bicyclic) bond motifs is 1. The van der Waals surface area contributed by atoms with Crippen LogP contribution in [0.3, 0.4) is 0 Å². The summed E-state index contributed by atoms with van der Waals surface area (Å²) in [7, 11) is 0. The van der Waals surface area contributed by atoms with Gasteiger partial charge in [-0.05, 0) is 51.4 Å². The monoisotopic (exact) mass is 238 g/mol. The Labute approximate surface area is 105 Å². The topological polar surface area (TPSA) is 35.5 Å². The Morgan fingerprint density at radius 2 is 2.00 bits per heavy atom. The lowest BCUT2D eigenvalue weighted by Gasteiger charge is -2.30. The largest absolute Gasteiger partial charge is 0.391 e. The molecular weight excluding hydrogens is 212 g/mol. The molecule has 1 heterocycles. The van der Waals surface area contributed by atoms with E-state index in [2.05, 4.69) is 31.0 Å². The summed E-state index contributed by atoms with van der Waals surface area (Å²) < 4.78 is 0. The normalized spacial score (nSPS) is 44.8. The van der Waals surface area contributed by atoms with E-state index in [1.807, 2.05) is 0 Å². The van der Waals surface area contributed by atoms with Crippen LogP contribution >= 0.6 is 0 Å². The van der Waals surface area contributed by atoms with E-state index in [1.165, 1.54) is 19.4 Å². The first-order valence-electron chi connectivity index (χ1n) is 7.13. The molecule has 2 N–H and O–H groups in total. The van der Waals surface area contributed by atoms with Crippen molar-refractivity contribution in [2.45, 2.75) is 51.3 Å². The van der Waals surface area contributed by atoms with Gasteiger partial charge in [-0.2, -0.15) is 0 Å². The van der Waals surface area contributed by atoms with Gasteiger partial charge in [-0.25, -0.2) is 0 Å². The molecule has 0 amide bonds. The van der Waals surface area contributed by atoms with Gasteiger partial charge in [0.25, 0.3) is 0 Å². The minimum atomic E-state index is -0.0339. The van der Waals surface area contributed by atoms with Crippen LogP contribution in [0.2, 0.25) is 0 Å². The van der Waals surface area contributed by atoms with Gasteiger partial charge >= 0.3 is 0 Å². The number of nitrogens with zero attached hydrogens (tertiary/aromatic N) is 1. The average molecular weight is 238 g/mol. The van der Waals surface area contributed by atoms with E-state index in [-0.39, 0.29) is 11.6 Å². The summed E-state index contributed by atoms with van der Waals surface area (Å²) >= 11 is 0. The van der Waals surface area contributed by atoms with Crippen LogP contribution in [0.4, 0.5) is 0 Å². The number of rotatable bonds is 3. The summed E-state index contributed by atoms with van der Waals surface area (Å²) in [5.41, 5.74) is 0.204. The van der Waals surface area contributed by atoms with Gasteiger partial charge in [-0.15, -0.1) is 0 Å². The summed E-state index contributed by atoms with van der Waals surface area (Å²) in [6, 6.07) is 0.487. The van der Waals surface area contributed by atoms with E-state index in [4.69, 9.17) is 0 Å². The predicted molar refractivity (Wildman–Crippen MR) is 68.8 cm³/mol. The average Bonchev–Trinajstić information content (AvgIpc) is 2.76. The molecule has 0 aromatic heterocycles. The lowest BCUT2D eigenvalue weighted by molar-refractivity contribution is 0.0509. The summed E-state index contributed by atoms with van der Waals surface area (Å²) in [6.07, 6.45) is 2.54. The first kappa shape index (κ1) is 11.9. The molecule has 0 radical (unpaired) electrons. The van der Waals surface area contributed by atoms with Crippen molar-refractivity contribution >= 4 is 0 Å². The lowest BCUT2D eigenvalue weighted by atomic mass is 9.88. The molecular formula is C14H26N2O. The maximum atomic E-state index is 10.3. The van der Waals surface area contributed by atoms with Gasteiger partial charge < -0.3 is 10.4 Å². The summed E-state index contributed by atoms with van der Waals surface area (Å²) in [4.78, 5) is 2.55. The van der Waals surface area contributed by atoms with Crippen molar-refractivity contribution in [3.63, 3.8) is 0 Å². The number of likely N-dealkylation sites (tertiary alicyclic amines) is 1. The zero-order valence-corrected chi connectivity index (χ0v) is 11.3. The highest BCUT2D eigenvalue weighted by Gasteiger charge is 2.58. The van der Waals surface area contributed by atoms with Crippen LogP contribution in [0.15, 0.2) is 0 Å². The Kier molecular flexibility index (Phi) is 2.77. The Morgan fingerprint density at radius 1 is 1.24 bits per heavy atom. The maximum absolute atomic E-state index is 10.3. The second-order valence-corrected chi connectivity index (χ2v) is 7.31. The third-order valence-electron chi connectivity index (χ3n) is 5.00. The molecule has 1 aliphatic heterocycles. The van der Waals surface area contributed by atoms with E-state index in [1.54, 1.807) is 0 Å². The minimum Gasteiger partial charge on any atom is -0.391 e. The van der Waals surface area contributed by atoms with Crippen molar-refractivity contribution in [3.8, 4) is 0 Å². The van der Waals surface area contributed by atoms with Crippen LogP contribution < -0.4 is 5.32 Å². The van der Waals surface area contributed by atoms with Gasteiger partial charge in [0.15, 0.2) is 0 Å². The molecule has 1 saturated heterocycles. The van der Waals surface area contributed by atoms with Crippen molar-refractivity contribution in [1.29, 1.82) is 0 Å². The number of aliphatic hydroxyl groups excluding tert-OH is 1. The first-order valence-corrected chi connectivity index (χ1v) is 7.13. The van der Waals surface area contributed by atoms with Crippen LogP contribution in [0, 0.1) is 17.8 Å². The Morgan fingerprint density at radius 3 is 2.65 bits per heavy atom. The second kappa shape index (κ2) is 3.94. The molecule has 2 aliphatic carbocycles. The van der Waals surface area contributed by atoms with Crippen LogP contribution in [-0.2, 0) is 0 Å². The van der Waals surface area contributed by atoms with Crippen LogP contribution in [-0.4, -0.2) is 47.3 Å². The highest BCUT2D eigenvalue weighted by Crippen LogP contribution is 2.54. The summed E-state index contributed by atoms with van der Waals surface area (Å²) in [5, 5.41) is 13.8. The molecule has 3 aliphatic rings. The van der Waals surface area contributed by atoms with Gasteiger partial charge in [-0.1, -0.05) is 0 Å². The van der Waals surface area contributed by atoms with E-state index >= 15 is 0 Å². The van der Waals surface area contributed by atoms with Crippen molar-refractivity contribution in [2.24, 2.45) is 17.8 Å². The van der Waals surface area contributed by atoms with Gasteiger partial charge in [0.1, 0.15) is 0 Å². The highest BCUT2D eigenvalue weighted by molar-refractivity contribution is 5.10. The van der Waals surface area contributed by atoms with Crippen molar-refractivity contribution in [1.82, 2.24) is 10.2 Å². The van der Waals surface area contributed by atoms with Crippen LogP contribution in [0.5, 0.6) is 0 Å². The van der Waals surface area contributed by atoms with E-state index < -0.39 is 0 Å². The second-order valence-electron chi connectivity index (χ2n) is 7.31. The number of hydrogen-bond donors (Lipinski definition) is 2. The molecule has 2 saturated carbocycles. The van der Waals surface area contributed by atoms with Crippen LogP contribution in [0.25, 0.3) is 0 Å². The lowest BCUT2D eigenvalue weighted by Crippen LogP contribution is -2.46. The van der Waals surface area contributed by atoms with Crippen molar-refractivity contribution < 1.29 is 5.11 Å². The minimum absolute atomic E-state index is 0.0339. The maximum Gasteiger partial charge on any atom is 0.0726 e. The number of aliphatic hydroxyl groups is 1. The molecule has 5 atom stereocenters. The number of nitrogens with one attached hydrogen (secondary N) is 1. The van der Waals surface area contributed by atoms with E-state index in [0.717, 1.165) is 24.9 Å². The third kappa shape index (κ3) is 2.02. The fraction of sp³-hybridized carbons (Fsp3) is 1.00. The smallest absolute Gasteiger partial charge is 0.0726 e. The SMILES string of the molecule is CC(C)(C)NCCN1CC2CC3CC2C1C3O. The quantitative estimate of drug-likeness (QED) is 0.772. The van der Waals surface area contributed by atoms with Gasteiger partial charge in [0.2, 0.25) is 0 Å². The van der Waals surface area contributed by atoms with Gasteiger partial charge in [0.05, 0.1) is 6.10 Å². The van der Waals surface area contributed by atoms with Crippen LogP contribution in [0.1, 0.15) is 33.6 Å². The fourth-order valence-electron chi connectivity index (χ4n) is 4.37. The molecule has 17 heavy (non-hydrogen) atoms. The first-order chi connectivity index (χ1) is 7.96. The Bertz CT molecular complexity index is 297. The highest BCUT2D eigenvalue weighted by atomic mass is 16.3. The van der Waals surface area contributed by atoms with Gasteiger partial charge in [-0.3, -0.25) is 4.90 Å². The molecule has 0 aromatic rings. The summed E-state index contributed by atoms with van der Waals surface area (Å²) in [5.74, 6) is 2.32. The number of hydrogen-bond acceptors (Lipinski definition) is 3. The molecule has 3 fully saturated rings. The Hall–Kier alpha value is -0.120. The zero-order valence-electron chi connectivity index (χ0n) is 11.3. The third-order valence-corrected chi connectivity index (χ3v) is 5.00. The van der Waals surface area contributed by atoms with Crippen molar-refractivity contribution in [2.75, 3.05) is 19.6 Å². The molecule has 3 nitrogen and oxygen atoms in total. The predicted octanol–water partition coefficient (Wildman–Crippen LogP) is 1.08. The Balaban J connectivity index is 1.56. The van der Waals surface area contributed by atoms with Gasteiger partial charge in [0, 0.05) is 31.2 Å². The molecule has 3 heteroatoms. The molecule has 5 unspecified atom stereocenters. The van der Waals surface area contributed by atoms with E-state index in [0.29, 0.717) is 12.0 Å². The summed E-state index contributed by atoms with van der Waals surface area (Å²) in [6.45, 7) is 9.99. The molecule has 0 aromatic carbocycles. The van der Waals surface area contributed by atoms with E-state index in [9.17, 15) is 5.11 Å². The zero-order chi connectivity index (χ0) is 12.2.